The van der Waals surface area contributed by atoms with Gasteiger partial charge in [-0.3, -0.25) is 0 Å². The van der Waals surface area contributed by atoms with Gasteiger partial charge in [0.15, 0.2) is 0 Å². The Morgan fingerprint density at radius 1 is 1.47 bits per heavy atom. The molecule has 0 spiro atoms. The van der Waals surface area contributed by atoms with E-state index in [0.29, 0.717) is 11.6 Å². The SMILES string of the molecule is CC(C)C(C)(C)CNCc1ccnc(C#N)c1. The van der Waals surface area contributed by atoms with Crippen LogP contribution in [0.3, 0.4) is 0 Å². The third kappa shape index (κ3) is 4.16. The van der Waals surface area contributed by atoms with Gasteiger partial charge in [-0.25, -0.2) is 4.98 Å². The molecule has 0 saturated carbocycles. The predicted octanol–water partition coefficient (Wildman–Crippen LogP) is 2.73. The standard InChI is InChI=1S/C14H21N3/c1-11(2)14(3,4)10-16-9-12-5-6-17-13(7-12)8-15/h5-7,11,16H,9-10H2,1-4H3. The van der Waals surface area contributed by atoms with Crippen LogP contribution in [0.2, 0.25) is 0 Å². The Morgan fingerprint density at radius 3 is 2.76 bits per heavy atom. The van der Waals surface area contributed by atoms with Gasteiger partial charge in [-0.1, -0.05) is 27.7 Å². The number of hydrogen-bond donors (Lipinski definition) is 1. The molecule has 1 N–H and O–H groups in total. The number of hydrogen-bond acceptors (Lipinski definition) is 3. The summed E-state index contributed by atoms with van der Waals surface area (Å²) >= 11 is 0. The average molecular weight is 231 g/mol. The highest BCUT2D eigenvalue weighted by Crippen LogP contribution is 2.24. The summed E-state index contributed by atoms with van der Waals surface area (Å²) in [6, 6.07) is 5.82. The fourth-order valence-corrected chi connectivity index (χ4v) is 1.38. The third-order valence-electron chi connectivity index (χ3n) is 3.41. The van der Waals surface area contributed by atoms with Crippen LogP contribution in [0.1, 0.15) is 39.0 Å². The number of nitriles is 1. The minimum Gasteiger partial charge on any atom is -0.312 e. The van der Waals surface area contributed by atoms with Crippen LogP contribution in [0, 0.1) is 22.7 Å². The first-order valence-electron chi connectivity index (χ1n) is 6.01. The third-order valence-corrected chi connectivity index (χ3v) is 3.41. The second kappa shape index (κ2) is 5.79. The lowest BCUT2D eigenvalue weighted by Crippen LogP contribution is -2.33. The molecule has 0 fully saturated rings. The van der Waals surface area contributed by atoms with Crippen molar-refractivity contribution in [1.82, 2.24) is 10.3 Å². The van der Waals surface area contributed by atoms with Gasteiger partial charge in [0.2, 0.25) is 0 Å². The van der Waals surface area contributed by atoms with Crippen LogP contribution in [0.15, 0.2) is 18.3 Å². The van der Waals surface area contributed by atoms with Gasteiger partial charge in [0, 0.05) is 19.3 Å². The molecule has 0 radical (unpaired) electrons. The molecule has 0 aliphatic heterocycles. The maximum absolute atomic E-state index is 8.76. The van der Waals surface area contributed by atoms with E-state index in [-0.39, 0.29) is 5.41 Å². The van der Waals surface area contributed by atoms with Crippen LogP contribution >= 0.6 is 0 Å². The summed E-state index contributed by atoms with van der Waals surface area (Å²) in [6.07, 6.45) is 1.68. The summed E-state index contributed by atoms with van der Waals surface area (Å²) in [6.45, 7) is 10.8. The van der Waals surface area contributed by atoms with E-state index in [4.69, 9.17) is 5.26 Å². The summed E-state index contributed by atoms with van der Waals surface area (Å²) in [5, 5.41) is 12.2. The molecule has 0 aliphatic rings. The van der Waals surface area contributed by atoms with E-state index in [1.165, 1.54) is 0 Å². The average Bonchev–Trinajstić information content (AvgIpc) is 2.29. The largest absolute Gasteiger partial charge is 0.312 e. The molecule has 3 nitrogen and oxygen atoms in total. The molecule has 0 aromatic carbocycles. The number of pyridine rings is 1. The van der Waals surface area contributed by atoms with Crippen LogP contribution < -0.4 is 5.32 Å². The second-order valence-corrected chi connectivity index (χ2v) is 5.41. The molecule has 0 unspecified atom stereocenters. The lowest BCUT2D eigenvalue weighted by molar-refractivity contribution is 0.238. The van der Waals surface area contributed by atoms with Gasteiger partial charge in [0.05, 0.1) is 0 Å². The Hall–Kier alpha value is -1.40. The summed E-state index contributed by atoms with van der Waals surface area (Å²) in [5.74, 6) is 0.641. The van der Waals surface area contributed by atoms with E-state index < -0.39 is 0 Å². The van der Waals surface area contributed by atoms with E-state index >= 15 is 0 Å². The van der Waals surface area contributed by atoms with Gasteiger partial charge in [0.1, 0.15) is 11.8 Å². The van der Waals surface area contributed by atoms with Crippen LogP contribution in [0.5, 0.6) is 0 Å². The van der Waals surface area contributed by atoms with Crippen molar-refractivity contribution >= 4 is 0 Å². The fraction of sp³-hybridized carbons (Fsp3) is 0.571. The van der Waals surface area contributed by atoms with Gasteiger partial charge < -0.3 is 5.32 Å². The minimum absolute atomic E-state index is 0.283. The molecule has 1 aromatic rings. The molecule has 0 bridgehead atoms. The normalized spacial score (nSPS) is 11.5. The maximum atomic E-state index is 8.76. The van der Waals surface area contributed by atoms with Crippen molar-refractivity contribution in [1.29, 1.82) is 5.26 Å². The number of nitrogens with one attached hydrogen (secondary N) is 1. The molecule has 1 heterocycles. The summed E-state index contributed by atoms with van der Waals surface area (Å²) in [7, 11) is 0. The van der Waals surface area contributed by atoms with Gasteiger partial charge in [-0.05, 0) is 29.0 Å². The lowest BCUT2D eigenvalue weighted by Gasteiger charge is -2.29. The Bertz CT molecular complexity index is 402. The molecule has 1 aromatic heterocycles. The molecular weight excluding hydrogens is 210 g/mol. The van der Waals surface area contributed by atoms with Crippen LogP contribution in [0.4, 0.5) is 0 Å². The monoisotopic (exact) mass is 231 g/mol. The highest BCUT2D eigenvalue weighted by Gasteiger charge is 2.21. The van der Waals surface area contributed by atoms with Gasteiger partial charge in [-0.15, -0.1) is 0 Å². The van der Waals surface area contributed by atoms with Crippen molar-refractivity contribution in [3.63, 3.8) is 0 Å². The van der Waals surface area contributed by atoms with Crippen LogP contribution in [-0.2, 0) is 6.54 Å². The first kappa shape index (κ1) is 13.7. The van der Waals surface area contributed by atoms with E-state index in [1.54, 1.807) is 6.20 Å². The first-order chi connectivity index (χ1) is 7.95. The first-order valence-corrected chi connectivity index (χ1v) is 6.01. The smallest absolute Gasteiger partial charge is 0.140 e. The quantitative estimate of drug-likeness (QED) is 0.847. The number of rotatable bonds is 5. The molecule has 0 aliphatic carbocycles. The molecule has 92 valence electrons. The van der Waals surface area contributed by atoms with Crippen molar-refractivity contribution in [2.45, 2.75) is 34.2 Å². The molecule has 0 amide bonds. The Balaban J connectivity index is 2.49. The molecule has 3 heteroatoms. The van der Waals surface area contributed by atoms with Gasteiger partial charge >= 0.3 is 0 Å². The van der Waals surface area contributed by atoms with E-state index in [0.717, 1.165) is 18.7 Å². The molecule has 0 atom stereocenters. The molecule has 0 saturated heterocycles. The highest BCUT2D eigenvalue weighted by atomic mass is 14.9. The van der Waals surface area contributed by atoms with Crippen LogP contribution in [0.25, 0.3) is 0 Å². The Kier molecular flexibility index (Phi) is 4.65. The van der Waals surface area contributed by atoms with Crippen molar-refractivity contribution < 1.29 is 0 Å². The summed E-state index contributed by atoms with van der Waals surface area (Å²) in [4.78, 5) is 3.95. The van der Waals surface area contributed by atoms with Crippen LogP contribution in [-0.4, -0.2) is 11.5 Å². The topological polar surface area (TPSA) is 48.7 Å². The van der Waals surface area contributed by atoms with Crippen molar-refractivity contribution in [3.05, 3.63) is 29.6 Å². The maximum Gasteiger partial charge on any atom is 0.140 e. The van der Waals surface area contributed by atoms with E-state index in [1.807, 2.05) is 12.1 Å². The fourth-order valence-electron chi connectivity index (χ4n) is 1.38. The molecule has 17 heavy (non-hydrogen) atoms. The van der Waals surface area contributed by atoms with Gasteiger partial charge in [0.25, 0.3) is 0 Å². The van der Waals surface area contributed by atoms with Crippen molar-refractivity contribution in [3.8, 4) is 6.07 Å². The van der Waals surface area contributed by atoms with Crippen molar-refractivity contribution in [2.24, 2.45) is 11.3 Å². The minimum atomic E-state index is 0.283. The molecule has 1 rings (SSSR count). The zero-order chi connectivity index (χ0) is 12.9. The zero-order valence-corrected chi connectivity index (χ0v) is 11.1. The molecular formula is C14H21N3. The lowest BCUT2D eigenvalue weighted by atomic mass is 9.81. The van der Waals surface area contributed by atoms with E-state index in [9.17, 15) is 0 Å². The summed E-state index contributed by atoms with van der Waals surface area (Å²) < 4.78 is 0. The number of nitrogens with zero attached hydrogens (tertiary/aromatic N) is 2. The Labute approximate surface area is 104 Å². The second-order valence-electron chi connectivity index (χ2n) is 5.41. The highest BCUT2D eigenvalue weighted by molar-refractivity contribution is 5.25. The van der Waals surface area contributed by atoms with Crippen molar-refractivity contribution in [2.75, 3.05) is 6.54 Å². The van der Waals surface area contributed by atoms with E-state index in [2.05, 4.69) is 44.1 Å². The predicted molar refractivity (Wildman–Crippen MR) is 69.3 cm³/mol. The van der Waals surface area contributed by atoms with Gasteiger partial charge in [-0.2, -0.15) is 5.26 Å². The zero-order valence-electron chi connectivity index (χ0n) is 11.1. The number of aromatic nitrogens is 1. The Morgan fingerprint density at radius 2 is 2.18 bits per heavy atom. The summed E-state index contributed by atoms with van der Waals surface area (Å²) in [5.41, 5.74) is 1.87.